The highest BCUT2D eigenvalue weighted by molar-refractivity contribution is 5.77. The number of nitrogens with one attached hydrogen (secondary N) is 1. The topological polar surface area (TPSA) is 111 Å². The van der Waals surface area contributed by atoms with Gasteiger partial charge in [-0.25, -0.2) is 9.78 Å². The van der Waals surface area contributed by atoms with Crippen molar-refractivity contribution in [1.82, 2.24) is 24.7 Å². The van der Waals surface area contributed by atoms with Gasteiger partial charge in [-0.15, -0.1) is 0 Å². The van der Waals surface area contributed by atoms with Gasteiger partial charge in [0, 0.05) is 51.0 Å². The largest absolute Gasteiger partial charge is 0.502 e. The summed E-state index contributed by atoms with van der Waals surface area (Å²) in [6, 6.07) is 15.8. The molecule has 10 heteroatoms. The van der Waals surface area contributed by atoms with Gasteiger partial charge in [0.25, 0.3) is 5.56 Å². The summed E-state index contributed by atoms with van der Waals surface area (Å²) in [6.07, 6.45) is 1.22. The first kappa shape index (κ1) is 27.4. The zero-order chi connectivity index (χ0) is 27.9. The van der Waals surface area contributed by atoms with Crippen LogP contribution in [0.2, 0.25) is 0 Å². The number of aromatic amines is 1. The maximum atomic E-state index is 13.2. The highest BCUT2D eigenvalue weighted by Crippen LogP contribution is 2.31. The van der Waals surface area contributed by atoms with Crippen LogP contribution in [0, 0.1) is 11.8 Å². The lowest BCUT2D eigenvalue weighted by molar-refractivity contribution is 0.0342. The number of aromatic hydroxyl groups is 1. The van der Waals surface area contributed by atoms with Crippen LogP contribution in [-0.2, 0) is 22.6 Å². The number of hydrogen-bond acceptors (Lipinski definition) is 7. The minimum absolute atomic E-state index is 0.0311. The van der Waals surface area contributed by atoms with Crippen LogP contribution in [0.1, 0.15) is 34.0 Å². The average molecular weight is 544 g/mol. The Hall–Kier alpha value is -4.17. The first-order valence-corrected chi connectivity index (χ1v) is 13.3. The number of H-pyrrole nitrogens is 1. The second-order valence-corrected chi connectivity index (χ2v) is 9.85. The van der Waals surface area contributed by atoms with E-state index in [1.165, 1.54) is 11.9 Å². The van der Waals surface area contributed by atoms with E-state index in [-0.39, 0.29) is 24.3 Å². The molecular formula is C30H33N5O5. The SMILES string of the molecule is COCCN1C(=O)N(Cc2nc[nH]c(=O)c2O)CC1c1ccc(C#Cc2ccc(CN3CCOCC3)cc2)cc1. The lowest BCUT2D eigenvalue weighted by Gasteiger charge is -2.26. The zero-order valence-corrected chi connectivity index (χ0v) is 22.5. The normalized spacial score (nSPS) is 17.6. The van der Waals surface area contributed by atoms with E-state index in [0.717, 1.165) is 49.5 Å². The van der Waals surface area contributed by atoms with Gasteiger partial charge in [-0.05, 0) is 35.4 Å². The summed E-state index contributed by atoms with van der Waals surface area (Å²) in [6.45, 7) is 5.65. The highest BCUT2D eigenvalue weighted by atomic mass is 16.5. The Morgan fingerprint density at radius 3 is 2.38 bits per heavy atom. The summed E-state index contributed by atoms with van der Waals surface area (Å²) >= 11 is 0. The molecule has 2 amide bonds. The van der Waals surface area contributed by atoms with Gasteiger partial charge in [-0.2, -0.15) is 0 Å². The zero-order valence-electron chi connectivity index (χ0n) is 22.5. The second-order valence-electron chi connectivity index (χ2n) is 9.85. The fourth-order valence-corrected chi connectivity index (χ4v) is 4.93. The number of urea groups is 1. The molecular weight excluding hydrogens is 510 g/mol. The van der Waals surface area contributed by atoms with Crippen LogP contribution in [0.15, 0.2) is 59.7 Å². The minimum Gasteiger partial charge on any atom is -0.502 e. The summed E-state index contributed by atoms with van der Waals surface area (Å²) in [4.78, 5) is 37.1. The molecule has 2 aliphatic heterocycles. The fourth-order valence-electron chi connectivity index (χ4n) is 4.93. The monoisotopic (exact) mass is 543 g/mol. The van der Waals surface area contributed by atoms with Crippen LogP contribution in [0.4, 0.5) is 4.79 Å². The van der Waals surface area contributed by atoms with E-state index in [2.05, 4.69) is 51.0 Å². The third kappa shape index (κ3) is 6.51. The Kier molecular flexibility index (Phi) is 8.76. The number of carbonyl (C=O) groups is 1. The summed E-state index contributed by atoms with van der Waals surface area (Å²) in [5.74, 6) is 5.99. The lowest BCUT2D eigenvalue weighted by atomic mass is 10.0. The molecule has 2 N–H and O–H groups in total. The van der Waals surface area contributed by atoms with E-state index in [1.807, 2.05) is 24.3 Å². The molecule has 1 aromatic heterocycles. The van der Waals surface area contributed by atoms with Crippen molar-refractivity contribution in [2.24, 2.45) is 0 Å². The van der Waals surface area contributed by atoms with Crippen LogP contribution in [0.5, 0.6) is 5.75 Å². The van der Waals surface area contributed by atoms with Crippen molar-refractivity contribution in [2.75, 3.05) is 53.1 Å². The lowest BCUT2D eigenvalue weighted by Crippen LogP contribution is -2.35. The summed E-state index contributed by atoms with van der Waals surface area (Å²) in [5, 5.41) is 10.1. The Balaban J connectivity index is 1.26. The van der Waals surface area contributed by atoms with E-state index in [1.54, 1.807) is 16.9 Å². The molecule has 0 spiro atoms. The predicted molar refractivity (Wildman–Crippen MR) is 149 cm³/mol. The smallest absolute Gasteiger partial charge is 0.321 e. The molecule has 0 saturated carbocycles. The quantitative estimate of drug-likeness (QED) is 0.420. The Bertz CT molecular complexity index is 1420. The molecule has 10 nitrogen and oxygen atoms in total. The van der Waals surface area contributed by atoms with Crippen LogP contribution in [0.25, 0.3) is 0 Å². The number of amides is 2. The third-order valence-electron chi connectivity index (χ3n) is 7.18. The van der Waals surface area contributed by atoms with Crippen molar-refractivity contribution in [1.29, 1.82) is 0 Å². The molecule has 3 aromatic rings. The molecule has 5 rings (SSSR count). The number of benzene rings is 2. The van der Waals surface area contributed by atoms with Gasteiger partial charge in [0.2, 0.25) is 5.75 Å². The van der Waals surface area contributed by atoms with E-state index in [9.17, 15) is 14.7 Å². The number of rotatable bonds is 8. The van der Waals surface area contributed by atoms with Crippen molar-refractivity contribution in [3.8, 4) is 17.6 Å². The number of morpholine rings is 1. The van der Waals surface area contributed by atoms with Crippen molar-refractivity contribution in [3.63, 3.8) is 0 Å². The van der Waals surface area contributed by atoms with Gasteiger partial charge in [0.05, 0.1) is 38.7 Å². The van der Waals surface area contributed by atoms with Gasteiger partial charge in [0.15, 0.2) is 0 Å². The first-order chi connectivity index (χ1) is 19.5. The molecule has 1 atom stereocenters. The standard InChI is InChI=1S/C30H33N5O5/c1-39-15-14-35-27(20-34(30(35)38)19-26-28(36)29(37)32-21-31-26)25-10-8-23(9-11-25)3-2-22-4-6-24(7-5-22)18-33-12-16-40-17-13-33/h4-11,21,27,36H,12-20H2,1H3,(H,31,32,37). The molecule has 0 aliphatic carbocycles. The maximum Gasteiger partial charge on any atom is 0.321 e. The molecule has 1 unspecified atom stereocenters. The molecule has 208 valence electrons. The van der Waals surface area contributed by atoms with E-state index in [0.29, 0.717) is 19.7 Å². The minimum atomic E-state index is -0.634. The van der Waals surface area contributed by atoms with E-state index < -0.39 is 11.3 Å². The predicted octanol–water partition coefficient (Wildman–Crippen LogP) is 2.33. The molecule has 0 radical (unpaired) electrons. The van der Waals surface area contributed by atoms with Gasteiger partial charge in [0.1, 0.15) is 5.69 Å². The van der Waals surface area contributed by atoms with Crippen LogP contribution >= 0.6 is 0 Å². The summed E-state index contributed by atoms with van der Waals surface area (Å²) in [7, 11) is 1.59. The number of hydrogen-bond donors (Lipinski definition) is 2. The van der Waals surface area contributed by atoms with Crippen molar-refractivity contribution < 1.29 is 19.4 Å². The fraction of sp³-hybridized carbons (Fsp3) is 0.367. The van der Waals surface area contributed by atoms with Gasteiger partial charge in [-0.3, -0.25) is 9.69 Å². The number of nitrogens with zero attached hydrogens (tertiary/aromatic N) is 4. The second kappa shape index (κ2) is 12.8. The van der Waals surface area contributed by atoms with Gasteiger partial charge < -0.3 is 29.4 Å². The first-order valence-electron chi connectivity index (χ1n) is 13.3. The van der Waals surface area contributed by atoms with Gasteiger partial charge in [-0.1, -0.05) is 36.1 Å². The highest BCUT2D eigenvalue weighted by Gasteiger charge is 2.38. The average Bonchev–Trinajstić information content (AvgIpc) is 3.29. The molecule has 40 heavy (non-hydrogen) atoms. The molecule has 2 aliphatic rings. The molecule has 2 aromatic carbocycles. The summed E-state index contributed by atoms with van der Waals surface area (Å²) < 4.78 is 10.6. The van der Waals surface area contributed by atoms with E-state index >= 15 is 0 Å². The van der Waals surface area contributed by atoms with Crippen LogP contribution in [0.3, 0.4) is 0 Å². The number of ether oxygens (including phenoxy) is 2. The Morgan fingerprint density at radius 2 is 1.70 bits per heavy atom. The van der Waals surface area contributed by atoms with Crippen LogP contribution in [-0.4, -0.2) is 88.9 Å². The number of methoxy groups -OCH3 is 1. The van der Waals surface area contributed by atoms with Crippen molar-refractivity contribution >= 4 is 6.03 Å². The van der Waals surface area contributed by atoms with Crippen LogP contribution < -0.4 is 5.56 Å². The van der Waals surface area contributed by atoms with Gasteiger partial charge >= 0.3 is 6.03 Å². The summed E-state index contributed by atoms with van der Waals surface area (Å²) in [5.41, 5.74) is 3.58. The van der Waals surface area contributed by atoms with Crippen molar-refractivity contribution in [3.05, 3.63) is 93.2 Å². The molecule has 2 saturated heterocycles. The molecule has 0 bridgehead atoms. The van der Waals surface area contributed by atoms with Crippen molar-refractivity contribution in [2.45, 2.75) is 19.1 Å². The molecule has 2 fully saturated rings. The maximum absolute atomic E-state index is 13.2. The van der Waals surface area contributed by atoms with E-state index in [4.69, 9.17) is 9.47 Å². The number of carbonyl (C=O) groups excluding carboxylic acids is 1. The molecule has 3 heterocycles. The number of aromatic nitrogens is 2. The Morgan fingerprint density at radius 1 is 1.02 bits per heavy atom. The Labute approximate surface area is 233 Å². The third-order valence-corrected chi connectivity index (χ3v) is 7.18.